The molecule has 4 saturated heterocycles. The van der Waals surface area contributed by atoms with E-state index in [2.05, 4.69) is 39.3 Å². The van der Waals surface area contributed by atoms with Crippen LogP contribution < -0.4 is 45.0 Å². The Balaban J connectivity index is 1.07. The predicted octanol–water partition coefficient (Wildman–Crippen LogP) is 5.34. The van der Waals surface area contributed by atoms with Gasteiger partial charge in [-0.1, -0.05) is 6.92 Å². The third-order valence-corrected chi connectivity index (χ3v) is 21.5. The molecule has 16 atom stereocenters. The first kappa shape index (κ1) is 78.5. The first-order chi connectivity index (χ1) is 47.4. The van der Waals surface area contributed by atoms with Gasteiger partial charge < -0.3 is 88.1 Å². The van der Waals surface area contributed by atoms with Crippen molar-refractivity contribution in [2.24, 2.45) is 0 Å². The van der Waals surface area contributed by atoms with Crippen molar-refractivity contribution in [3.8, 4) is 0 Å². The molecule has 4 aliphatic rings. The van der Waals surface area contributed by atoms with Crippen LogP contribution in [-0.4, -0.2) is 176 Å². The van der Waals surface area contributed by atoms with Crippen LogP contribution in [-0.2, 0) is 68.7 Å². The van der Waals surface area contributed by atoms with Crippen LogP contribution in [0, 0.1) is 54.0 Å². The Labute approximate surface area is 572 Å². The molecule has 99 heavy (non-hydrogen) atoms. The fourth-order valence-electron chi connectivity index (χ4n) is 10.9. The molecule has 0 saturated carbocycles. The molecule has 8 rings (SSSR count). The molecular weight excluding hydrogens is 1380 g/mol. The molecule has 40 heteroatoms. The monoisotopic (exact) mass is 1460 g/mol. The highest BCUT2D eigenvalue weighted by molar-refractivity contribution is 7.44. The number of nitrogens with zero attached hydrogens (tertiary/aromatic N) is 9. The molecule has 4 aliphatic heterocycles. The van der Waals surface area contributed by atoms with Crippen LogP contribution in [0.5, 0.6) is 0 Å². The molecule has 4 fully saturated rings. The molecule has 0 bridgehead atoms. The maximum absolute atomic E-state index is 13.5. The van der Waals surface area contributed by atoms with Crippen LogP contribution >= 0.6 is 34.3 Å². The van der Waals surface area contributed by atoms with E-state index in [1.54, 1.807) is 6.92 Å². The normalized spacial score (nSPS) is 25.0. The standard InChI is InChI=1S/C59H81N13O23P4/c1-14-40-41(23-48(88-40)68-27-36(6)52(73)64-56(68)77)93-97(82-20-16-61-11)86-32-46-43(25-50(90-46)70-29-38(8)54(75)66-58(70)79)95-99(84-22-18-63-13)87-33-47-44(26-51(91-47)71-30-39(9)55(76)67-59(71)80)94-98(83-21-17-62-12)85-31-45-42(24-49(89-45)69-28-37(7)53(74)65-57(69)78)92-96(81-19-15-60-10)72(34(2)3)35(4)5/h27-30,34-35,40-51H,14-26,31-33H2,1-9H3,(H,64,73,77)(H,65,74,78)(H,66,75,79)(H,67,76,80). The molecule has 0 amide bonds. The first-order valence-electron chi connectivity index (χ1n) is 31.7. The van der Waals surface area contributed by atoms with Crippen molar-refractivity contribution in [3.63, 3.8) is 0 Å². The van der Waals surface area contributed by atoms with E-state index in [0.29, 0.717) is 6.42 Å². The van der Waals surface area contributed by atoms with Crippen molar-refractivity contribution in [3.05, 3.63) is 176 Å². The number of aryl methyl sites for hydroxylation is 4. The lowest BCUT2D eigenvalue weighted by Gasteiger charge is -2.37. The summed E-state index contributed by atoms with van der Waals surface area (Å²) in [6.07, 6.45) is -5.82. The third-order valence-electron chi connectivity index (χ3n) is 15.7. The molecule has 4 N–H and O–H groups in total. The number of aromatic amines is 4. The van der Waals surface area contributed by atoms with Gasteiger partial charge in [-0.2, -0.15) is 0 Å². The Bertz CT molecular complexity index is 4040. The third kappa shape index (κ3) is 21.2. The Morgan fingerprint density at radius 1 is 0.434 bits per heavy atom. The van der Waals surface area contributed by atoms with Gasteiger partial charge >= 0.3 is 48.6 Å². The predicted molar refractivity (Wildman–Crippen MR) is 355 cm³/mol. The van der Waals surface area contributed by atoms with Crippen molar-refractivity contribution in [1.29, 1.82) is 0 Å². The second-order valence-electron chi connectivity index (χ2n) is 23.6. The molecule has 540 valence electrons. The number of rotatable bonds is 37. The van der Waals surface area contributed by atoms with Crippen LogP contribution in [0.2, 0.25) is 0 Å². The largest absolute Gasteiger partial charge is 0.352 e. The number of aromatic nitrogens is 8. The van der Waals surface area contributed by atoms with Gasteiger partial charge in [0.2, 0.25) is 26.2 Å². The molecule has 4 aromatic heterocycles. The van der Waals surface area contributed by atoms with E-state index in [9.17, 15) is 38.4 Å². The van der Waals surface area contributed by atoms with E-state index in [-0.39, 0.29) is 126 Å². The molecule has 8 heterocycles. The molecule has 16 unspecified atom stereocenters. The summed E-state index contributed by atoms with van der Waals surface area (Å²) >= 11 is 0. The van der Waals surface area contributed by atoms with Crippen molar-refractivity contribution >= 4 is 34.3 Å². The fourth-order valence-corrected chi connectivity index (χ4v) is 16.0. The summed E-state index contributed by atoms with van der Waals surface area (Å²) in [7, 11) is -9.29. The Morgan fingerprint density at radius 3 is 0.970 bits per heavy atom. The summed E-state index contributed by atoms with van der Waals surface area (Å²) in [5.41, 5.74) is -4.53. The van der Waals surface area contributed by atoms with E-state index in [4.69, 9.17) is 95.0 Å². The van der Waals surface area contributed by atoms with E-state index < -0.39 is 160 Å². The van der Waals surface area contributed by atoms with Crippen LogP contribution in [0.15, 0.2) is 63.1 Å². The molecular formula is C59H81N13O23P4. The number of hydrogen-bond acceptors (Lipinski definition) is 24. The van der Waals surface area contributed by atoms with E-state index in [0.717, 1.165) is 0 Å². The molecule has 0 spiro atoms. The van der Waals surface area contributed by atoms with Crippen molar-refractivity contribution in [2.75, 3.05) is 72.4 Å². The maximum Gasteiger partial charge on any atom is 0.333 e. The van der Waals surface area contributed by atoms with Gasteiger partial charge in [0, 0.05) is 84.8 Å². The Hall–Kier alpha value is -6.24. The van der Waals surface area contributed by atoms with Gasteiger partial charge in [0.1, 0.15) is 69.7 Å². The summed E-state index contributed by atoms with van der Waals surface area (Å²) < 4.78 is 103. The number of hydrogen-bond donors (Lipinski definition) is 4. The molecule has 36 nitrogen and oxygen atoms in total. The second kappa shape index (κ2) is 37.6. The zero-order valence-corrected chi connectivity index (χ0v) is 59.5. The maximum atomic E-state index is 13.5. The quantitative estimate of drug-likeness (QED) is 0.0251. The highest BCUT2D eigenvalue weighted by Gasteiger charge is 2.47. The van der Waals surface area contributed by atoms with E-state index in [1.807, 2.05) is 39.3 Å². The van der Waals surface area contributed by atoms with Crippen molar-refractivity contribution in [1.82, 2.24) is 42.9 Å². The molecule has 0 aromatic carbocycles. The zero-order valence-electron chi connectivity index (χ0n) is 55.9. The van der Waals surface area contributed by atoms with Crippen LogP contribution in [0.3, 0.4) is 0 Å². The van der Waals surface area contributed by atoms with Gasteiger partial charge in [0.15, 0.2) is 0 Å². The number of ether oxygens (including phenoxy) is 4. The van der Waals surface area contributed by atoms with Gasteiger partial charge in [0.05, 0.1) is 50.3 Å². The minimum absolute atomic E-state index is 0.0508. The Morgan fingerprint density at radius 2 is 0.697 bits per heavy atom. The summed E-state index contributed by atoms with van der Waals surface area (Å²) in [4.78, 5) is 126. The SMILES string of the molecule is [C-]#[N+]CCOP(OCC1OC(n2cc(C)c(=O)[nH]c2=O)CC1OP(OCC[N+]#[C-])OCC1OC(n2cc(C)c(=O)[nH]c2=O)CC1OP(OCC[N+]#[C-])OCC1OC(n2cc(C)c(=O)[nH]c2=O)CC1OP(OCC[N+]#[C-])N(C(C)C)C(C)C)OC1CC(n2cc(C)c(=O)[nH]c2=O)OC1CC. The average Bonchev–Trinajstić information content (AvgIpc) is 1.13. The summed E-state index contributed by atoms with van der Waals surface area (Å²) in [6, 6.07) is -0.183. The highest BCUT2D eigenvalue weighted by atomic mass is 31.2. The minimum atomic E-state index is -2.56. The van der Waals surface area contributed by atoms with Gasteiger partial charge in [-0.15, -0.1) is 0 Å². The van der Waals surface area contributed by atoms with Crippen LogP contribution in [0.1, 0.15) is 114 Å². The van der Waals surface area contributed by atoms with Gasteiger partial charge in [-0.3, -0.25) is 57.4 Å². The first-order valence-corrected chi connectivity index (χ1v) is 36.1. The second-order valence-corrected chi connectivity index (χ2v) is 28.5. The van der Waals surface area contributed by atoms with Crippen LogP contribution in [0.25, 0.3) is 19.4 Å². The lowest BCUT2D eigenvalue weighted by atomic mass is 10.1. The van der Waals surface area contributed by atoms with Crippen molar-refractivity contribution in [2.45, 2.75) is 180 Å². The summed E-state index contributed by atoms with van der Waals surface area (Å²) in [5, 5.41) is 0. The van der Waals surface area contributed by atoms with Gasteiger partial charge in [0.25, 0.3) is 30.8 Å². The van der Waals surface area contributed by atoms with E-state index in [1.165, 1.54) is 63.8 Å². The summed E-state index contributed by atoms with van der Waals surface area (Å²) in [5.74, 6) is 0. The smallest absolute Gasteiger partial charge is 0.333 e. The fraction of sp³-hybridized carbons (Fsp3) is 0.661. The molecule has 0 aliphatic carbocycles. The highest BCUT2D eigenvalue weighted by Crippen LogP contribution is 2.53. The minimum Gasteiger partial charge on any atom is -0.352 e. The number of H-pyrrole nitrogens is 4. The van der Waals surface area contributed by atoms with Crippen molar-refractivity contribution < 1.29 is 68.7 Å². The van der Waals surface area contributed by atoms with Gasteiger partial charge in [-0.25, -0.2) is 50.1 Å². The average molecular weight is 1460 g/mol. The molecule has 0 radical (unpaired) electrons. The lowest BCUT2D eigenvalue weighted by molar-refractivity contribution is -0.0572. The summed E-state index contributed by atoms with van der Waals surface area (Å²) in [6.45, 7) is 43.9. The van der Waals surface area contributed by atoms with Gasteiger partial charge in [-0.05, 0) is 61.8 Å². The van der Waals surface area contributed by atoms with Crippen LogP contribution in [0.4, 0.5) is 0 Å². The van der Waals surface area contributed by atoms with E-state index >= 15 is 0 Å². The Kier molecular flexibility index (Phi) is 29.8. The lowest BCUT2D eigenvalue weighted by Crippen LogP contribution is -2.36. The topological polar surface area (TPSA) is 379 Å². The zero-order chi connectivity index (χ0) is 71.6. The number of nitrogens with one attached hydrogen (secondary N) is 4. The molecule has 4 aromatic rings.